The van der Waals surface area contributed by atoms with Crippen molar-refractivity contribution in [1.82, 2.24) is 0 Å². The van der Waals surface area contributed by atoms with Crippen molar-refractivity contribution < 1.29 is 68.5 Å². The fourth-order valence-electron chi connectivity index (χ4n) is 0. The summed E-state index contributed by atoms with van der Waals surface area (Å²) in [6.45, 7) is 28.5. The fourth-order valence-corrected chi connectivity index (χ4v) is 0. The van der Waals surface area contributed by atoms with Gasteiger partial charge in [0.2, 0.25) is 0 Å². The summed E-state index contributed by atoms with van der Waals surface area (Å²) in [5, 5.41) is 37.5. The SMILES string of the molecule is [C-]#N.[C-]#N.[C-]#N.[C-]#N.[C-]#N.[C-]#N.[Fe+3].[K+].[Pb+2]. The van der Waals surface area contributed by atoms with Crippen LogP contribution in [0.4, 0.5) is 0 Å². The smallest absolute Gasteiger partial charge is 0.512 e. The molecule has 0 atom stereocenters. The minimum Gasteiger partial charge on any atom is -0.512 e. The van der Waals surface area contributed by atoms with E-state index >= 15 is 0 Å². The molecule has 0 saturated carbocycles. The molecule has 0 heterocycles. The normalized spacial score (nSPS) is 0.800. The Kier molecular flexibility index (Phi) is 40200000. The first-order valence-electron chi connectivity index (χ1n) is 1.34. The maximum Gasteiger partial charge on any atom is 3.00 e. The quantitative estimate of drug-likeness (QED) is 0.284. The van der Waals surface area contributed by atoms with Gasteiger partial charge in [-0.3, -0.25) is 0 Å². The van der Waals surface area contributed by atoms with Crippen LogP contribution in [0.15, 0.2) is 0 Å². The van der Waals surface area contributed by atoms with Crippen molar-refractivity contribution in [1.29, 1.82) is 31.6 Å². The number of hydrogen-bond donors (Lipinski definition) is 0. The van der Waals surface area contributed by atoms with E-state index in [9.17, 15) is 0 Å². The summed E-state index contributed by atoms with van der Waals surface area (Å²) in [4.78, 5) is 0. The Bertz CT molecular complexity index is 103. The average Bonchev–Trinajstić information content (AvgIpc) is 2.33. The Balaban J connectivity index is -0.00000000396. The first-order valence-corrected chi connectivity index (χ1v) is 1.34. The van der Waals surface area contributed by atoms with Crippen molar-refractivity contribution in [3.05, 3.63) is 39.4 Å². The predicted molar refractivity (Wildman–Crippen MR) is 35.6 cm³/mol. The van der Waals surface area contributed by atoms with Gasteiger partial charge in [0.15, 0.2) is 0 Å². The Labute approximate surface area is 164 Å². The zero-order valence-corrected chi connectivity index (χ0v) is 15.7. The predicted octanol–water partition coefficient (Wildman–Crippen LogP) is -2.80. The van der Waals surface area contributed by atoms with Gasteiger partial charge in [0.1, 0.15) is 0 Å². The molecule has 67 valence electrons. The van der Waals surface area contributed by atoms with E-state index in [0.717, 1.165) is 0 Å². The molecule has 0 aliphatic rings. The van der Waals surface area contributed by atoms with Gasteiger partial charge in [-0.15, -0.1) is 0 Å². The van der Waals surface area contributed by atoms with E-state index in [2.05, 4.69) is 0 Å². The van der Waals surface area contributed by atoms with E-state index in [1.54, 1.807) is 0 Å². The molecule has 0 amide bonds. The molecule has 0 aromatic rings. The van der Waals surface area contributed by atoms with Crippen LogP contribution in [0.1, 0.15) is 0 Å². The molecule has 0 aromatic heterocycles. The van der Waals surface area contributed by atoms with E-state index < -0.39 is 0 Å². The summed E-state index contributed by atoms with van der Waals surface area (Å²) in [7, 11) is 0. The monoisotopic (exact) mass is 459 g/mol. The zero-order valence-electron chi connectivity index (χ0n) is 7.54. The summed E-state index contributed by atoms with van der Waals surface area (Å²) in [5.74, 6) is 0. The summed E-state index contributed by atoms with van der Waals surface area (Å²) in [6.07, 6.45) is 0. The van der Waals surface area contributed by atoms with Gasteiger partial charge in [-0.2, -0.15) is 0 Å². The first kappa shape index (κ1) is 81.5. The van der Waals surface area contributed by atoms with Gasteiger partial charge in [-0.1, -0.05) is 0 Å². The molecule has 0 aliphatic carbocycles. The third-order valence-electron chi connectivity index (χ3n) is 0. The molecule has 0 rings (SSSR count). The maximum absolute atomic E-state index is 6.25. The molecule has 0 unspecified atom stereocenters. The molecule has 9 heteroatoms. The Morgan fingerprint density at radius 1 is 0.400 bits per heavy atom. The fraction of sp³-hybridized carbons (Fsp3) is 0. The molecular weight excluding hydrogens is 458 g/mol. The third kappa shape index (κ3) is 6300000. The van der Waals surface area contributed by atoms with Crippen LogP contribution in [0.5, 0.6) is 0 Å². The van der Waals surface area contributed by atoms with Crippen LogP contribution in [0.3, 0.4) is 0 Å². The van der Waals surface area contributed by atoms with Crippen molar-refractivity contribution in [2.24, 2.45) is 0 Å². The average molecular weight is 458 g/mol. The summed E-state index contributed by atoms with van der Waals surface area (Å²) in [5.41, 5.74) is 0. The van der Waals surface area contributed by atoms with Crippen molar-refractivity contribution in [3.63, 3.8) is 0 Å². The molecule has 3 radical (unpaired) electrons. The van der Waals surface area contributed by atoms with Crippen LogP contribution in [-0.4, -0.2) is 27.3 Å². The van der Waals surface area contributed by atoms with Gasteiger partial charge < -0.3 is 71.0 Å². The van der Waals surface area contributed by atoms with E-state index in [-0.39, 0.29) is 95.8 Å². The molecule has 6 nitrogen and oxygen atoms in total. The number of nitrogens with zero attached hydrogens (tertiary/aromatic N) is 6. The van der Waals surface area contributed by atoms with Crippen LogP contribution in [0.25, 0.3) is 0 Å². The van der Waals surface area contributed by atoms with Gasteiger partial charge in [0.05, 0.1) is 0 Å². The Morgan fingerprint density at radius 3 is 0.400 bits per heavy atom. The molecule has 0 spiro atoms. The molecule has 0 bridgehead atoms. The maximum atomic E-state index is 6.25. The second kappa shape index (κ2) is 7400000. The number of rotatable bonds is 0. The summed E-state index contributed by atoms with van der Waals surface area (Å²) in [6, 6.07) is 0. The zero-order chi connectivity index (χ0) is 12.0. The summed E-state index contributed by atoms with van der Waals surface area (Å²) < 4.78 is 0. The van der Waals surface area contributed by atoms with Crippen LogP contribution in [0, 0.1) is 71.0 Å². The Hall–Kier alpha value is 0.0179. The van der Waals surface area contributed by atoms with E-state index in [1.165, 1.54) is 0 Å². The topological polar surface area (TPSA) is 143 Å². The number of hydrogen-bond acceptors (Lipinski definition) is 6. The minimum atomic E-state index is 0. The molecule has 0 fully saturated rings. The van der Waals surface area contributed by atoms with Crippen LogP contribution in [-0.2, 0) is 17.1 Å². The van der Waals surface area contributed by atoms with Crippen molar-refractivity contribution in [3.8, 4) is 0 Å². The van der Waals surface area contributed by atoms with Gasteiger partial charge >= 0.3 is 95.8 Å². The second-order valence-electron chi connectivity index (χ2n) is 0. The van der Waals surface area contributed by atoms with Gasteiger partial charge in [-0.25, -0.2) is 0 Å². The van der Waals surface area contributed by atoms with Crippen molar-refractivity contribution in [2.75, 3.05) is 0 Å². The molecule has 0 aliphatic heterocycles. The van der Waals surface area contributed by atoms with Crippen LogP contribution >= 0.6 is 0 Å². The molecular formula is C6FeKN6Pb. The van der Waals surface area contributed by atoms with E-state index in [1.807, 2.05) is 0 Å². The minimum absolute atomic E-state index is 0. The van der Waals surface area contributed by atoms with E-state index in [4.69, 9.17) is 71.0 Å². The first-order chi connectivity index (χ1) is 6.00. The van der Waals surface area contributed by atoms with Gasteiger partial charge in [0.25, 0.3) is 0 Å². The molecule has 0 saturated heterocycles. The van der Waals surface area contributed by atoms with E-state index in [0.29, 0.717) is 0 Å². The van der Waals surface area contributed by atoms with Crippen LogP contribution < -0.4 is 51.4 Å². The largest absolute Gasteiger partial charge is 3.00 e. The van der Waals surface area contributed by atoms with Gasteiger partial charge in [0, 0.05) is 0 Å². The summed E-state index contributed by atoms with van der Waals surface area (Å²) >= 11 is 0. The molecule has 15 heavy (non-hydrogen) atoms. The molecule has 0 N–H and O–H groups in total. The van der Waals surface area contributed by atoms with Crippen molar-refractivity contribution in [2.45, 2.75) is 0 Å². The molecule has 0 aromatic carbocycles. The Morgan fingerprint density at radius 2 is 0.400 bits per heavy atom. The van der Waals surface area contributed by atoms with Crippen LogP contribution in [0.2, 0.25) is 0 Å². The standard InChI is InChI=1S/6CN.Fe.K.Pb/c6*1-2;;;/q6*-1;+3;+1;+2. The van der Waals surface area contributed by atoms with Crippen molar-refractivity contribution >= 4 is 27.3 Å². The van der Waals surface area contributed by atoms with Gasteiger partial charge in [-0.05, 0) is 0 Å². The second-order valence-corrected chi connectivity index (χ2v) is 0. The third-order valence-corrected chi connectivity index (χ3v) is 0.